The van der Waals surface area contributed by atoms with Crippen molar-refractivity contribution in [3.63, 3.8) is 0 Å². The summed E-state index contributed by atoms with van der Waals surface area (Å²) in [7, 11) is 0. The molecule has 52 heavy (non-hydrogen) atoms. The predicted molar refractivity (Wildman–Crippen MR) is 213 cm³/mol. The molecular formula is C48H29NO3. The molecule has 0 saturated heterocycles. The Bertz CT molecular complexity index is 3240. The van der Waals surface area contributed by atoms with E-state index in [1.54, 1.807) is 0 Å². The van der Waals surface area contributed by atoms with Crippen molar-refractivity contribution in [2.24, 2.45) is 0 Å². The molecule has 11 aromatic rings. The Balaban J connectivity index is 0.951. The summed E-state index contributed by atoms with van der Waals surface area (Å²) in [4.78, 5) is 0. The summed E-state index contributed by atoms with van der Waals surface area (Å²) < 4.78 is 21.5. The normalized spacial score (nSPS) is 14.6. The highest BCUT2D eigenvalue weighted by atomic mass is 16.3. The summed E-state index contributed by atoms with van der Waals surface area (Å²) in [6, 6.07) is 52.0. The fourth-order valence-electron chi connectivity index (χ4n) is 8.71. The molecule has 7 aromatic carbocycles. The number of furan rings is 3. The number of nitrogens with zero attached hydrogens (tertiary/aromatic N) is 1. The fourth-order valence-corrected chi connectivity index (χ4v) is 8.71. The lowest BCUT2D eigenvalue weighted by atomic mass is 9.95. The zero-order valence-electron chi connectivity index (χ0n) is 28.0. The molecule has 0 bridgehead atoms. The maximum atomic E-state index is 6.47. The Morgan fingerprint density at radius 3 is 1.69 bits per heavy atom. The smallest absolute Gasteiger partial charge is 0.139 e. The molecule has 4 aromatic heterocycles. The minimum absolute atomic E-state index is 0.168. The summed E-state index contributed by atoms with van der Waals surface area (Å²) in [6.45, 7) is 0. The summed E-state index contributed by atoms with van der Waals surface area (Å²) in [5.74, 6) is 0.933. The first-order valence-corrected chi connectivity index (χ1v) is 17.8. The van der Waals surface area contributed by atoms with E-state index in [-0.39, 0.29) is 6.04 Å². The van der Waals surface area contributed by atoms with Crippen LogP contribution in [0, 0.1) is 0 Å². The first-order chi connectivity index (χ1) is 25.7. The van der Waals surface area contributed by atoms with Gasteiger partial charge in [0, 0.05) is 66.8 Å². The Morgan fingerprint density at radius 2 is 0.962 bits per heavy atom. The van der Waals surface area contributed by atoms with E-state index < -0.39 is 0 Å². The van der Waals surface area contributed by atoms with Gasteiger partial charge in [-0.05, 0) is 82.9 Å². The monoisotopic (exact) mass is 667 g/mol. The number of allylic oxidation sites excluding steroid dienone is 1. The van der Waals surface area contributed by atoms with Crippen molar-refractivity contribution in [1.82, 2.24) is 4.57 Å². The minimum Gasteiger partial charge on any atom is -0.456 e. The van der Waals surface area contributed by atoms with Crippen molar-refractivity contribution in [3.8, 4) is 22.3 Å². The van der Waals surface area contributed by atoms with Crippen molar-refractivity contribution >= 4 is 82.7 Å². The van der Waals surface area contributed by atoms with Crippen LogP contribution in [-0.4, -0.2) is 4.57 Å². The van der Waals surface area contributed by atoms with Crippen LogP contribution in [0.5, 0.6) is 0 Å². The third-order valence-corrected chi connectivity index (χ3v) is 11.2. The first-order valence-electron chi connectivity index (χ1n) is 17.8. The molecule has 0 aliphatic heterocycles. The molecule has 1 aliphatic carbocycles. The van der Waals surface area contributed by atoms with Crippen molar-refractivity contribution in [1.29, 1.82) is 0 Å². The highest BCUT2D eigenvalue weighted by Gasteiger charge is 2.25. The third-order valence-electron chi connectivity index (χ3n) is 11.2. The standard InChI is InChI=1S/C48H29NO3/c1-4-13-41-33(10-1)34-11-2-5-14-42(34)49(41)32-18-21-46-38(25-32)40-26-39-37-24-31(17-20-45(37)51-47(39)27-48(40)52-46)29-9-7-8-28(22-29)30-16-19-44-36(23-30)35-12-3-6-15-43(35)50-44/h1-24,26-27,32H,25H2. The predicted octanol–water partition coefficient (Wildman–Crippen LogP) is 13.5. The van der Waals surface area contributed by atoms with Crippen LogP contribution in [0.3, 0.4) is 0 Å². The van der Waals surface area contributed by atoms with Crippen LogP contribution < -0.4 is 0 Å². The second kappa shape index (κ2) is 10.4. The quantitative estimate of drug-likeness (QED) is 0.188. The molecule has 0 fully saturated rings. The molecule has 4 heteroatoms. The largest absolute Gasteiger partial charge is 0.456 e. The van der Waals surface area contributed by atoms with Gasteiger partial charge in [-0.3, -0.25) is 0 Å². The van der Waals surface area contributed by atoms with Gasteiger partial charge in [-0.15, -0.1) is 0 Å². The van der Waals surface area contributed by atoms with E-state index in [0.29, 0.717) is 0 Å². The minimum atomic E-state index is 0.168. The van der Waals surface area contributed by atoms with Gasteiger partial charge in [-0.25, -0.2) is 0 Å². The molecule has 244 valence electrons. The van der Waals surface area contributed by atoms with Crippen LogP contribution in [0.1, 0.15) is 17.4 Å². The zero-order valence-corrected chi connectivity index (χ0v) is 28.0. The van der Waals surface area contributed by atoms with Gasteiger partial charge < -0.3 is 17.8 Å². The van der Waals surface area contributed by atoms with Gasteiger partial charge in [-0.1, -0.05) is 91.0 Å². The fraction of sp³-hybridized carbons (Fsp3) is 0.0417. The van der Waals surface area contributed by atoms with Gasteiger partial charge in [0.05, 0.1) is 6.04 Å². The number of fused-ring (bicyclic) bond motifs is 12. The highest BCUT2D eigenvalue weighted by molar-refractivity contribution is 6.12. The topological polar surface area (TPSA) is 44.4 Å². The highest BCUT2D eigenvalue weighted by Crippen LogP contribution is 2.42. The lowest BCUT2D eigenvalue weighted by Crippen LogP contribution is -2.12. The second-order valence-electron chi connectivity index (χ2n) is 14.0. The van der Waals surface area contributed by atoms with E-state index >= 15 is 0 Å². The van der Waals surface area contributed by atoms with Crippen LogP contribution in [0.25, 0.3) is 105 Å². The van der Waals surface area contributed by atoms with E-state index in [1.807, 2.05) is 12.1 Å². The van der Waals surface area contributed by atoms with Crippen molar-refractivity contribution in [2.45, 2.75) is 12.5 Å². The molecule has 0 spiro atoms. The summed E-state index contributed by atoms with van der Waals surface area (Å²) in [6.07, 6.45) is 5.30. The lowest BCUT2D eigenvalue weighted by molar-refractivity contribution is 0.572. The zero-order chi connectivity index (χ0) is 33.9. The molecule has 0 radical (unpaired) electrons. The number of hydrogen-bond donors (Lipinski definition) is 0. The van der Waals surface area contributed by atoms with E-state index in [1.165, 1.54) is 32.9 Å². The molecule has 0 N–H and O–H groups in total. The summed E-state index contributed by atoms with van der Waals surface area (Å²) in [5, 5.41) is 8.20. The number of aromatic nitrogens is 1. The molecule has 0 amide bonds. The second-order valence-corrected chi connectivity index (χ2v) is 14.0. The average molecular weight is 668 g/mol. The Morgan fingerprint density at radius 1 is 0.404 bits per heavy atom. The third kappa shape index (κ3) is 3.97. The van der Waals surface area contributed by atoms with Gasteiger partial charge in [-0.2, -0.15) is 0 Å². The molecule has 12 rings (SSSR count). The molecule has 4 nitrogen and oxygen atoms in total. The van der Waals surface area contributed by atoms with Crippen LogP contribution >= 0.6 is 0 Å². The van der Waals surface area contributed by atoms with Crippen LogP contribution in [0.4, 0.5) is 0 Å². The van der Waals surface area contributed by atoms with Gasteiger partial charge >= 0.3 is 0 Å². The Labute approximate surface area is 297 Å². The lowest BCUT2D eigenvalue weighted by Gasteiger charge is -2.21. The molecule has 1 unspecified atom stereocenters. The number of para-hydroxylation sites is 3. The Kier molecular flexibility index (Phi) is 5.58. The van der Waals surface area contributed by atoms with Crippen molar-refractivity contribution in [3.05, 3.63) is 163 Å². The number of rotatable bonds is 3. The van der Waals surface area contributed by atoms with Crippen LogP contribution in [-0.2, 0) is 6.42 Å². The van der Waals surface area contributed by atoms with Gasteiger partial charge in [0.15, 0.2) is 0 Å². The van der Waals surface area contributed by atoms with E-state index in [4.69, 9.17) is 13.3 Å². The maximum absolute atomic E-state index is 6.47. The van der Waals surface area contributed by atoms with E-state index in [0.717, 1.165) is 83.7 Å². The number of benzene rings is 7. The van der Waals surface area contributed by atoms with Crippen molar-refractivity contribution in [2.75, 3.05) is 0 Å². The van der Waals surface area contributed by atoms with Crippen LogP contribution in [0.2, 0.25) is 0 Å². The van der Waals surface area contributed by atoms with Crippen molar-refractivity contribution < 1.29 is 13.3 Å². The Hall–Kier alpha value is -6.78. The average Bonchev–Trinajstić information content (AvgIpc) is 3.95. The summed E-state index contributed by atoms with van der Waals surface area (Å²) in [5.41, 5.74) is 12.8. The molecule has 1 atom stereocenters. The summed E-state index contributed by atoms with van der Waals surface area (Å²) >= 11 is 0. The molecule has 1 aliphatic rings. The first kappa shape index (κ1) is 28.0. The molecule has 4 heterocycles. The molecular weight excluding hydrogens is 639 g/mol. The SMILES string of the molecule is C1=CC(n2c3ccccc3c3ccccc32)Cc2c1oc1cc3oc4ccc(-c5cccc(-c6ccc7oc8ccccc8c7c6)c5)cc4c3cc21. The number of hydrogen-bond acceptors (Lipinski definition) is 3. The van der Waals surface area contributed by atoms with E-state index in [2.05, 4.69) is 150 Å². The van der Waals surface area contributed by atoms with Gasteiger partial charge in [0.25, 0.3) is 0 Å². The van der Waals surface area contributed by atoms with Gasteiger partial charge in [0.2, 0.25) is 0 Å². The van der Waals surface area contributed by atoms with E-state index in [9.17, 15) is 0 Å². The van der Waals surface area contributed by atoms with Crippen LogP contribution in [0.15, 0.2) is 165 Å². The van der Waals surface area contributed by atoms with Gasteiger partial charge in [0.1, 0.15) is 33.7 Å². The maximum Gasteiger partial charge on any atom is 0.139 e. The molecule has 0 saturated carbocycles.